The van der Waals surface area contributed by atoms with Crippen molar-refractivity contribution in [1.29, 1.82) is 0 Å². The Morgan fingerprint density at radius 3 is 2.68 bits per heavy atom. The molecule has 0 radical (unpaired) electrons. The van der Waals surface area contributed by atoms with Crippen LogP contribution in [-0.2, 0) is 21.4 Å². The Kier molecular flexibility index (Phi) is 6.11. The number of aromatic nitrogens is 1. The molecule has 8 nitrogen and oxygen atoms in total. The molecule has 0 saturated carbocycles. The van der Waals surface area contributed by atoms with Gasteiger partial charge in [0.05, 0.1) is 35.0 Å². The Bertz CT molecular complexity index is 1370. The average Bonchev–Trinajstić information content (AvgIpc) is 3.62. The van der Waals surface area contributed by atoms with E-state index in [-0.39, 0.29) is 23.9 Å². The molecule has 176 valence electrons. The number of hydrogen-bond donors (Lipinski definition) is 0. The molecule has 1 aliphatic rings. The van der Waals surface area contributed by atoms with E-state index >= 15 is 0 Å². The molecular formula is C24H23N3O5S2. The lowest BCUT2D eigenvalue weighted by molar-refractivity contribution is -0.121. The number of benzene rings is 2. The van der Waals surface area contributed by atoms with Crippen LogP contribution >= 0.6 is 11.3 Å². The highest BCUT2D eigenvalue weighted by Gasteiger charge is 2.42. The lowest BCUT2D eigenvalue weighted by Gasteiger charge is -2.28. The molecule has 0 bridgehead atoms. The molecule has 5 rings (SSSR count). The van der Waals surface area contributed by atoms with E-state index in [1.807, 2.05) is 24.3 Å². The van der Waals surface area contributed by atoms with E-state index in [2.05, 4.69) is 4.98 Å². The van der Waals surface area contributed by atoms with Gasteiger partial charge >= 0.3 is 0 Å². The van der Waals surface area contributed by atoms with Gasteiger partial charge in [0.25, 0.3) is 0 Å². The van der Waals surface area contributed by atoms with Crippen LogP contribution in [0.3, 0.4) is 0 Å². The topological polar surface area (TPSA) is 93.0 Å². The molecule has 34 heavy (non-hydrogen) atoms. The zero-order chi connectivity index (χ0) is 23.7. The summed E-state index contributed by atoms with van der Waals surface area (Å²) in [7, 11) is -2.35. The number of carbonyl (C=O) groups is 1. The zero-order valence-corrected chi connectivity index (χ0v) is 20.1. The number of methoxy groups -OCH3 is 1. The Labute approximate surface area is 201 Å². The fraction of sp³-hybridized carbons (Fsp3) is 0.250. The van der Waals surface area contributed by atoms with Crippen LogP contribution in [0.25, 0.3) is 10.2 Å². The van der Waals surface area contributed by atoms with Gasteiger partial charge in [-0.3, -0.25) is 9.69 Å². The molecule has 4 aromatic rings. The lowest BCUT2D eigenvalue weighted by atomic mass is 10.2. The highest BCUT2D eigenvalue weighted by Crippen LogP contribution is 2.33. The summed E-state index contributed by atoms with van der Waals surface area (Å²) in [5, 5.41) is 0.510. The normalized spacial score (nSPS) is 16.7. The molecule has 1 fully saturated rings. The van der Waals surface area contributed by atoms with Crippen molar-refractivity contribution in [2.45, 2.75) is 30.3 Å². The molecular weight excluding hydrogens is 474 g/mol. The number of furan rings is 1. The Hall–Kier alpha value is -3.21. The predicted molar refractivity (Wildman–Crippen MR) is 129 cm³/mol. The maximum Gasteiger partial charge on any atom is 0.247 e. The SMILES string of the molecule is COc1ccc(S(=O)(=O)N2CCC[C@H]2C(=O)N(Cc2ccco2)c2nc3ccccc3s2)cc1. The number of carbonyl (C=O) groups excluding carboxylic acids is 1. The fourth-order valence-corrected chi connectivity index (χ4v) is 6.73. The van der Waals surface area contributed by atoms with E-state index < -0.39 is 16.1 Å². The van der Waals surface area contributed by atoms with Gasteiger partial charge in [-0.15, -0.1) is 0 Å². The minimum atomic E-state index is -3.87. The van der Waals surface area contributed by atoms with E-state index in [1.165, 1.54) is 39.8 Å². The number of rotatable bonds is 7. The lowest BCUT2D eigenvalue weighted by Crippen LogP contribution is -2.47. The Morgan fingerprint density at radius 1 is 1.18 bits per heavy atom. The van der Waals surface area contributed by atoms with Crippen LogP contribution in [0.2, 0.25) is 0 Å². The summed E-state index contributed by atoms with van der Waals surface area (Å²) in [4.78, 5) is 20.2. The van der Waals surface area contributed by atoms with E-state index in [9.17, 15) is 13.2 Å². The van der Waals surface area contributed by atoms with Crippen LogP contribution in [0.5, 0.6) is 5.75 Å². The summed E-state index contributed by atoms with van der Waals surface area (Å²) in [5.74, 6) is 0.841. The van der Waals surface area contributed by atoms with Gasteiger partial charge in [-0.25, -0.2) is 13.4 Å². The number of amides is 1. The number of fused-ring (bicyclic) bond motifs is 1. The quantitative estimate of drug-likeness (QED) is 0.378. The molecule has 2 aromatic heterocycles. The number of thiazole rings is 1. The van der Waals surface area contributed by atoms with Gasteiger partial charge in [-0.05, 0) is 61.4 Å². The van der Waals surface area contributed by atoms with Crippen molar-refractivity contribution < 1.29 is 22.4 Å². The minimum Gasteiger partial charge on any atom is -0.497 e. The molecule has 1 atom stereocenters. The second kappa shape index (κ2) is 9.21. The third-order valence-corrected chi connectivity index (χ3v) is 8.81. The minimum absolute atomic E-state index is 0.130. The summed E-state index contributed by atoms with van der Waals surface area (Å²) in [6.07, 6.45) is 2.58. The summed E-state index contributed by atoms with van der Waals surface area (Å²) in [5.41, 5.74) is 0.786. The summed E-state index contributed by atoms with van der Waals surface area (Å²) < 4.78 is 39.8. The van der Waals surface area contributed by atoms with Gasteiger partial charge in [0, 0.05) is 6.54 Å². The van der Waals surface area contributed by atoms with Gasteiger partial charge in [0.15, 0.2) is 5.13 Å². The molecule has 2 aromatic carbocycles. The number of nitrogens with zero attached hydrogens (tertiary/aromatic N) is 3. The first-order valence-electron chi connectivity index (χ1n) is 10.8. The van der Waals surface area contributed by atoms with Crippen molar-refractivity contribution in [3.63, 3.8) is 0 Å². The fourth-order valence-electron chi connectivity index (χ4n) is 4.11. The monoisotopic (exact) mass is 497 g/mol. The van der Waals surface area contributed by atoms with Crippen LogP contribution in [0.15, 0.2) is 76.2 Å². The number of ether oxygens (including phenoxy) is 1. The molecule has 0 aliphatic carbocycles. The van der Waals surface area contributed by atoms with Gasteiger partial charge in [-0.1, -0.05) is 23.5 Å². The molecule has 0 spiro atoms. The highest BCUT2D eigenvalue weighted by molar-refractivity contribution is 7.89. The van der Waals surface area contributed by atoms with Crippen LogP contribution in [0.1, 0.15) is 18.6 Å². The molecule has 0 unspecified atom stereocenters. The standard InChI is InChI=1S/C24H23N3O5S2/c1-31-17-10-12-19(13-11-17)34(29,30)27-14-4-8-21(27)23(28)26(16-18-6-5-15-32-18)24-25-20-7-2-3-9-22(20)33-24/h2-3,5-7,9-13,15,21H,4,8,14,16H2,1H3/t21-/m0/s1. The molecule has 0 N–H and O–H groups in total. The van der Waals surface area contributed by atoms with Crippen LogP contribution in [-0.4, -0.2) is 43.3 Å². The van der Waals surface area contributed by atoms with Gasteiger partial charge in [-0.2, -0.15) is 4.31 Å². The largest absolute Gasteiger partial charge is 0.497 e. The maximum atomic E-state index is 13.9. The first-order chi connectivity index (χ1) is 16.5. The van der Waals surface area contributed by atoms with Gasteiger partial charge < -0.3 is 9.15 Å². The second-order valence-corrected chi connectivity index (χ2v) is 10.8. The molecule has 1 aliphatic heterocycles. The summed E-state index contributed by atoms with van der Waals surface area (Å²) in [6.45, 7) is 0.442. The van der Waals surface area contributed by atoms with E-state index in [4.69, 9.17) is 9.15 Å². The van der Waals surface area contributed by atoms with Crippen molar-refractivity contribution in [3.05, 3.63) is 72.7 Å². The molecule has 3 heterocycles. The number of para-hydroxylation sites is 1. The molecule has 1 amide bonds. The van der Waals surface area contributed by atoms with Gasteiger partial charge in [0.1, 0.15) is 17.6 Å². The van der Waals surface area contributed by atoms with Crippen molar-refractivity contribution in [1.82, 2.24) is 9.29 Å². The van der Waals surface area contributed by atoms with E-state index in [0.717, 1.165) is 10.2 Å². The Balaban J connectivity index is 1.49. The number of hydrogen-bond acceptors (Lipinski definition) is 7. The van der Waals surface area contributed by atoms with E-state index in [0.29, 0.717) is 29.5 Å². The van der Waals surface area contributed by atoms with E-state index in [1.54, 1.807) is 30.5 Å². The van der Waals surface area contributed by atoms with Crippen molar-refractivity contribution in [3.8, 4) is 5.75 Å². The summed E-state index contributed by atoms with van der Waals surface area (Å²) in [6, 6.07) is 16.6. The highest BCUT2D eigenvalue weighted by atomic mass is 32.2. The van der Waals surface area contributed by atoms with Crippen molar-refractivity contribution in [2.24, 2.45) is 0 Å². The molecule has 10 heteroatoms. The molecule has 1 saturated heterocycles. The second-order valence-electron chi connectivity index (χ2n) is 7.92. The number of sulfonamides is 1. The third kappa shape index (κ3) is 4.20. The van der Waals surface area contributed by atoms with Crippen molar-refractivity contribution >= 4 is 42.6 Å². The third-order valence-electron chi connectivity index (χ3n) is 5.83. The smallest absolute Gasteiger partial charge is 0.247 e. The summed E-state index contributed by atoms with van der Waals surface area (Å²) >= 11 is 1.39. The first kappa shape index (κ1) is 22.6. The Morgan fingerprint density at radius 2 is 1.97 bits per heavy atom. The zero-order valence-electron chi connectivity index (χ0n) is 18.5. The number of anilines is 1. The predicted octanol–water partition coefficient (Wildman–Crippen LogP) is 4.28. The maximum absolute atomic E-state index is 13.9. The first-order valence-corrected chi connectivity index (χ1v) is 13.1. The van der Waals surface area contributed by atoms with Crippen molar-refractivity contribution in [2.75, 3.05) is 18.6 Å². The van der Waals surface area contributed by atoms with Crippen LogP contribution in [0, 0.1) is 0 Å². The van der Waals surface area contributed by atoms with Crippen LogP contribution in [0.4, 0.5) is 5.13 Å². The average molecular weight is 498 g/mol. The van der Waals surface area contributed by atoms with Gasteiger partial charge in [0.2, 0.25) is 15.9 Å². The van der Waals surface area contributed by atoms with Crippen LogP contribution < -0.4 is 9.64 Å².